The molecule has 0 unspecified atom stereocenters. The Hall–Kier alpha value is -2.56. The molecule has 0 bridgehead atoms. The van der Waals surface area contributed by atoms with E-state index < -0.39 is 0 Å². The molecule has 0 spiro atoms. The van der Waals surface area contributed by atoms with Gasteiger partial charge in [0.2, 0.25) is 5.91 Å². The van der Waals surface area contributed by atoms with Gasteiger partial charge in [-0.2, -0.15) is 0 Å². The summed E-state index contributed by atoms with van der Waals surface area (Å²) in [7, 11) is 1.64. The van der Waals surface area contributed by atoms with Crippen LogP contribution in [0.5, 0.6) is 5.75 Å². The fraction of sp³-hybridized carbons (Fsp3) is 0.429. The van der Waals surface area contributed by atoms with Gasteiger partial charge in [-0.15, -0.1) is 0 Å². The summed E-state index contributed by atoms with van der Waals surface area (Å²) in [5, 5.41) is 0. The number of anilines is 1. The number of pyridine rings is 1. The minimum absolute atomic E-state index is 0.0233. The monoisotopic (exact) mass is 352 g/mol. The Morgan fingerprint density at radius 1 is 1.12 bits per heavy atom. The molecule has 26 heavy (non-hydrogen) atoms. The molecule has 136 valence electrons. The van der Waals surface area contributed by atoms with Gasteiger partial charge >= 0.3 is 0 Å². The highest BCUT2D eigenvalue weighted by molar-refractivity contribution is 5.97. The van der Waals surface area contributed by atoms with E-state index in [1.807, 2.05) is 43.5 Å². The number of hydrogen-bond acceptors (Lipinski definition) is 3. The topological polar surface area (TPSA) is 51.5 Å². The number of hydrogen-bond donors (Lipinski definition) is 0. The molecule has 2 aliphatic rings. The van der Waals surface area contributed by atoms with Crippen LogP contribution >= 0.6 is 0 Å². The van der Waals surface area contributed by atoms with Gasteiger partial charge in [0.25, 0.3) is 5.56 Å². The summed E-state index contributed by atoms with van der Waals surface area (Å²) in [5.74, 6) is 1.54. The molecule has 5 nitrogen and oxygen atoms in total. The Bertz CT molecular complexity index is 881. The maximum atomic E-state index is 13.0. The second kappa shape index (κ2) is 6.63. The molecule has 0 N–H and O–H groups in total. The Morgan fingerprint density at radius 3 is 2.50 bits per heavy atom. The Kier molecular flexibility index (Phi) is 4.31. The molecule has 1 aliphatic heterocycles. The largest absolute Gasteiger partial charge is 0.497 e. The second-order valence-electron chi connectivity index (χ2n) is 7.43. The summed E-state index contributed by atoms with van der Waals surface area (Å²) in [6.45, 7) is 3.22. The van der Waals surface area contributed by atoms with Crippen molar-refractivity contribution in [2.75, 3.05) is 18.6 Å². The average Bonchev–Trinajstić information content (AvgIpc) is 3.39. The van der Waals surface area contributed by atoms with E-state index in [0.717, 1.165) is 23.4 Å². The first-order chi connectivity index (χ1) is 12.6. The zero-order valence-electron chi connectivity index (χ0n) is 15.3. The van der Waals surface area contributed by atoms with Crippen LogP contribution in [0.3, 0.4) is 0 Å². The van der Waals surface area contributed by atoms with Crippen molar-refractivity contribution in [1.82, 2.24) is 4.57 Å². The van der Waals surface area contributed by atoms with Crippen molar-refractivity contribution >= 4 is 11.6 Å². The standard InChI is InChI=1S/C21H24N2O3/c1-14-9-10-22(12-15-3-4-15)21(25)20(14)23-13-17(11-19(23)24)16-5-7-18(26-2)8-6-16/h5-10,15,17H,3-4,11-13H2,1-2H3/t17-/m0/s1. The SMILES string of the molecule is COc1ccc([C@H]2CC(=O)N(c3c(C)ccn(CC4CC4)c3=O)C2)cc1. The lowest BCUT2D eigenvalue weighted by atomic mass is 9.98. The first-order valence-electron chi connectivity index (χ1n) is 9.21. The van der Waals surface area contributed by atoms with Crippen molar-refractivity contribution in [3.8, 4) is 5.75 Å². The minimum atomic E-state index is -0.0411. The number of carbonyl (C=O) groups is 1. The van der Waals surface area contributed by atoms with E-state index in [2.05, 4.69) is 0 Å². The summed E-state index contributed by atoms with van der Waals surface area (Å²) in [6.07, 6.45) is 4.68. The molecule has 1 saturated heterocycles. The van der Waals surface area contributed by atoms with E-state index in [4.69, 9.17) is 4.74 Å². The third-order valence-electron chi connectivity index (χ3n) is 5.48. The number of aromatic nitrogens is 1. The predicted molar refractivity (Wildman–Crippen MR) is 101 cm³/mol. The Balaban J connectivity index is 1.61. The second-order valence-corrected chi connectivity index (χ2v) is 7.43. The first-order valence-corrected chi connectivity index (χ1v) is 9.21. The average molecular weight is 352 g/mol. The molecule has 5 heteroatoms. The van der Waals surface area contributed by atoms with E-state index in [1.54, 1.807) is 16.6 Å². The fourth-order valence-corrected chi connectivity index (χ4v) is 3.73. The summed E-state index contributed by atoms with van der Waals surface area (Å²) < 4.78 is 6.98. The molecule has 1 atom stereocenters. The number of methoxy groups -OCH3 is 1. The molecule has 1 aromatic heterocycles. The molecule has 1 aliphatic carbocycles. The molecule has 1 amide bonds. The number of rotatable bonds is 5. The highest BCUT2D eigenvalue weighted by Gasteiger charge is 2.34. The van der Waals surface area contributed by atoms with E-state index in [-0.39, 0.29) is 17.4 Å². The molecule has 0 radical (unpaired) electrons. The Labute approximate surface area is 153 Å². The van der Waals surface area contributed by atoms with Gasteiger partial charge in [0, 0.05) is 31.6 Å². The zero-order chi connectivity index (χ0) is 18.3. The third-order valence-corrected chi connectivity index (χ3v) is 5.48. The van der Waals surface area contributed by atoms with Crippen LogP contribution in [0, 0.1) is 12.8 Å². The molecule has 2 fully saturated rings. The summed E-state index contributed by atoms with van der Waals surface area (Å²) in [6, 6.07) is 9.79. The lowest BCUT2D eigenvalue weighted by Crippen LogP contribution is -2.34. The van der Waals surface area contributed by atoms with E-state index in [0.29, 0.717) is 24.6 Å². The van der Waals surface area contributed by atoms with E-state index in [1.165, 1.54) is 12.8 Å². The Morgan fingerprint density at radius 2 is 1.85 bits per heavy atom. The van der Waals surface area contributed by atoms with Crippen LogP contribution in [0.4, 0.5) is 5.69 Å². The van der Waals surface area contributed by atoms with Crippen molar-refractivity contribution in [3.05, 3.63) is 58.0 Å². The maximum absolute atomic E-state index is 13.0. The van der Waals surface area contributed by atoms with Crippen molar-refractivity contribution in [2.45, 2.75) is 38.6 Å². The normalized spacial score (nSPS) is 19.8. The number of ether oxygens (including phenoxy) is 1. The van der Waals surface area contributed by atoms with Crippen molar-refractivity contribution in [2.24, 2.45) is 5.92 Å². The smallest absolute Gasteiger partial charge is 0.274 e. The third kappa shape index (κ3) is 3.14. The van der Waals surface area contributed by atoms with Gasteiger partial charge in [-0.05, 0) is 55.0 Å². The fourth-order valence-electron chi connectivity index (χ4n) is 3.73. The van der Waals surface area contributed by atoms with Crippen LogP contribution in [0.1, 0.15) is 36.3 Å². The molecule has 4 rings (SSSR count). The van der Waals surface area contributed by atoms with Gasteiger partial charge in [0.15, 0.2) is 0 Å². The van der Waals surface area contributed by atoms with Crippen molar-refractivity contribution < 1.29 is 9.53 Å². The van der Waals surface area contributed by atoms with Crippen LogP contribution in [-0.4, -0.2) is 24.1 Å². The number of carbonyl (C=O) groups excluding carboxylic acids is 1. The van der Waals surface area contributed by atoms with Crippen LogP contribution in [0.25, 0.3) is 0 Å². The van der Waals surface area contributed by atoms with Gasteiger partial charge in [0.1, 0.15) is 11.4 Å². The van der Waals surface area contributed by atoms with E-state index in [9.17, 15) is 9.59 Å². The summed E-state index contributed by atoms with van der Waals surface area (Å²) >= 11 is 0. The quantitative estimate of drug-likeness (QED) is 0.831. The predicted octanol–water partition coefficient (Wildman–Crippen LogP) is 3.10. The van der Waals surface area contributed by atoms with Crippen LogP contribution in [0.15, 0.2) is 41.3 Å². The van der Waals surface area contributed by atoms with Gasteiger partial charge in [0.05, 0.1) is 7.11 Å². The number of benzene rings is 1. The van der Waals surface area contributed by atoms with Crippen LogP contribution in [0.2, 0.25) is 0 Å². The van der Waals surface area contributed by atoms with Crippen molar-refractivity contribution in [3.63, 3.8) is 0 Å². The van der Waals surface area contributed by atoms with Gasteiger partial charge < -0.3 is 14.2 Å². The lowest BCUT2D eigenvalue weighted by molar-refractivity contribution is -0.117. The molecule has 1 saturated carbocycles. The van der Waals surface area contributed by atoms with Gasteiger partial charge in [-0.25, -0.2) is 0 Å². The molecular formula is C21H24N2O3. The molecular weight excluding hydrogens is 328 g/mol. The highest BCUT2D eigenvalue weighted by atomic mass is 16.5. The summed E-state index contributed by atoms with van der Waals surface area (Å²) in [4.78, 5) is 27.3. The molecule has 2 heterocycles. The lowest BCUT2D eigenvalue weighted by Gasteiger charge is -2.20. The van der Waals surface area contributed by atoms with Crippen molar-refractivity contribution in [1.29, 1.82) is 0 Å². The van der Waals surface area contributed by atoms with E-state index >= 15 is 0 Å². The summed E-state index contributed by atoms with van der Waals surface area (Å²) in [5.41, 5.74) is 2.48. The number of aryl methyl sites for hydroxylation is 1. The minimum Gasteiger partial charge on any atom is -0.497 e. The highest BCUT2D eigenvalue weighted by Crippen LogP contribution is 2.33. The van der Waals surface area contributed by atoms with Gasteiger partial charge in [-0.3, -0.25) is 9.59 Å². The zero-order valence-corrected chi connectivity index (χ0v) is 15.3. The first kappa shape index (κ1) is 16.9. The molecule has 2 aromatic rings. The van der Waals surface area contributed by atoms with Crippen LogP contribution < -0.4 is 15.2 Å². The number of amides is 1. The molecule has 1 aromatic carbocycles. The number of nitrogens with zero attached hydrogens (tertiary/aromatic N) is 2. The van der Waals surface area contributed by atoms with Crippen LogP contribution in [-0.2, 0) is 11.3 Å². The maximum Gasteiger partial charge on any atom is 0.274 e. The van der Waals surface area contributed by atoms with Gasteiger partial charge in [-0.1, -0.05) is 12.1 Å².